The van der Waals surface area contributed by atoms with Gasteiger partial charge in [-0.05, 0) is 35.1 Å². The van der Waals surface area contributed by atoms with Gasteiger partial charge in [0.2, 0.25) is 5.91 Å². The summed E-state index contributed by atoms with van der Waals surface area (Å²) in [6.45, 7) is 0.826. The van der Waals surface area contributed by atoms with Gasteiger partial charge in [0.25, 0.3) is 0 Å². The minimum atomic E-state index is -1.50. The van der Waals surface area contributed by atoms with Crippen LogP contribution in [0.3, 0.4) is 0 Å². The van der Waals surface area contributed by atoms with E-state index in [9.17, 15) is 15.0 Å². The molecule has 0 radical (unpaired) electrons. The Labute approximate surface area is 235 Å². The van der Waals surface area contributed by atoms with E-state index in [0.717, 1.165) is 16.7 Å². The summed E-state index contributed by atoms with van der Waals surface area (Å²) in [4.78, 5) is 15.7. The van der Waals surface area contributed by atoms with Crippen molar-refractivity contribution < 1.29 is 19.7 Å². The molecule has 4 aromatic carbocycles. The van der Waals surface area contributed by atoms with Crippen LogP contribution in [-0.4, -0.2) is 47.3 Å². The van der Waals surface area contributed by atoms with Gasteiger partial charge < -0.3 is 19.8 Å². The normalized spacial score (nSPS) is 25.3. The van der Waals surface area contributed by atoms with Gasteiger partial charge in [0.15, 0.2) is 0 Å². The number of ether oxygens (including phenoxy) is 1. The molecule has 1 saturated carbocycles. The first kappa shape index (κ1) is 26.3. The molecule has 4 atom stereocenters. The number of likely N-dealkylation sites (tertiary alicyclic amines) is 1. The lowest BCUT2D eigenvalue weighted by Gasteiger charge is -2.55. The van der Waals surface area contributed by atoms with Crippen LogP contribution in [0.5, 0.6) is 5.75 Å². The Kier molecular flexibility index (Phi) is 6.95. The number of benzene rings is 4. The van der Waals surface area contributed by atoms with Crippen LogP contribution >= 0.6 is 0 Å². The molecule has 2 N–H and O–H groups in total. The Morgan fingerprint density at radius 2 is 1.27 bits per heavy atom. The zero-order chi connectivity index (χ0) is 27.7. The van der Waals surface area contributed by atoms with E-state index in [4.69, 9.17) is 4.74 Å². The number of amides is 1. The molecule has 0 aromatic heterocycles. The summed E-state index contributed by atoms with van der Waals surface area (Å²) in [6, 6.07) is 37.6. The molecule has 1 amide bonds. The number of hydrogen-bond donors (Lipinski definition) is 2. The monoisotopic (exact) mass is 533 g/mol. The highest BCUT2D eigenvalue weighted by molar-refractivity contribution is 5.80. The number of para-hydroxylation sites is 1. The Bertz CT molecular complexity index is 1420. The Morgan fingerprint density at radius 1 is 0.775 bits per heavy atom. The fraction of sp³-hybridized carbons (Fsp3) is 0.286. The summed E-state index contributed by atoms with van der Waals surface area (Å²) >= 11 is 0. The highest BCUT2D eigenvalue weighted by Crippen LogP contribution is 2.59. The molecule has 0 spiro atoms. The van der Waals surface area contributed by atoms with E-state index in [1.54, 1.807) is 7.11 Å². The van der Waals surface area contributed by atoms with Gasteiger partial charge in [-0.15, -0.1) is 0 Å². The zero-order valence-electron chi connectivity index (χ0n) is 22.7. The van der Waals surface area contributed by atoms with E-state index in [-0.39, 0.29) is 24.2 Å². The van der Waals surface area contributed by atoms with Crippen LogP contribution in [0.2, 0.25) is 0 Å². The Balaban J connectivity index is 1.48. The highest BCUT2D eigenvalue weighted by atomic mass is 16.5. The van der Waals surface area contributed by atoms with Crippen molar-refractivity contribution in [3.63, 3.8) is 0 Å². The Hall–Kier alpha value is -3.93. The zero-order valence-corrected chi connectivity index (χ0v) is 22.7. The van der Waals surface area contributed by atoms with Crippen LogP contribution in [0.1, 0.15) is 28.7 Å². The molecule has 2 fully saturated rings. The SMILES string of the molecule is COc1ccccc1CC(=O)N1C[C@@H]2[C@H](C1)C(c1ccccc1)(c1ccccc1)C[C@H](O)[C@@]2(O)c1ccccc1. The molecule has 2 aliphatic rings. The predicted molar refractivity (Wildman–Crippen MR) is 155 cm³/mol. The van der Waals surface area contributed by atoms with Gasteiger partial charge in [-0.1, -0.05) is 109 Å². The topological polar surface area (TPSA) is 70.0 Å². The predicted octanol–water partition coefficient (Wildman–Crippen LogP) is 4.95. The molecule has 0 unspecified atom stereocenters. The molecule has 0 bridgehead atoms. The summed E-state index contributed by atoms with van der Waals surface area (Å²) in [5.74, 6) is 0.152. The average molecular weight is 534 g/mol. The molecular weight excluding hydrogens is 498 g/mol. The second-order valence-corrected chi connectivity index (χ2v) is 11.1. The lowest BCUT2D eigenvalue weighted by atomic mass is 9.51. The lowest BCUT2D eigenvalue weighted by Crippen LogP contribution is -2.60. The van der Waals surface area contributed by atoms with Gasteiger partial charge in [-0.3, -0.25) is 4.79 Å². The summed E-state index contributed by atoms with van der Waals surface area (Å²) in [6.07, 6.45) is -0.498. The molecule has 204 valence electrons. The van der Waals surface area contributed by atoms with E-state index < -0.39 is 17.1 Å². The third-order valence-corrected chi connectivity index (χ3v) is 9.24. The van der Waals surface area contributed by atoms with Gasteiger partial charge in [-0.2, -0.15) is 0 Å². The largest absolute Gasteiger partial charge is 0.496 e. The number of hydrogen-bond acceptors (Lipinski definition) is 4. The highest BCUT2D eigenvalue weighted by Gasteiger charge is 2.64. The van der Waals surface area contributed by atoms with Crippen molar-refractivity contribution in [3.05, 3.63) is 138 Å². The number of rotatable bonds is 6. The molecule has 1 aliphatic heterocycles. The van der Waals surface area contributed by atoms with Gasteiger partial charge in [0.1, 0.15) is 11.4 Å². The van der Waals surface area contributed by atoms with Crippen LogP contribution in [0.25, 0.3) is 0 Å². The number of nitrogens with zero attached hydrogens (tertiary/aromatic N) is 1. The smallest absolute Gasteiger partial charge is 0.227 e. The number of carbonyl (C=O) groups is 1. The van der Waals surface area contributed by atoms with Crippen LogP contribution in [0.15, 0.2) is 115 Å². The van der Waals surface area contributed by atoms with Crippen molar-refractivity contribution in [1.82, 2.24) is 4.90 Å². The maximum atomic E-state index is 13.9. The molecular formula is C35H35NO4. The lowest BCUT2D eigenvalue weighted by molar-refractivity contribution is -0.167. The van der Waals surface area contributed by atoms with Crippen molar-refractivity contribution >= 4 is 5.91 Å². The van der Waals surface area contributed by atoms with Gasteiger partial charge in [0, 0.05) is 30.0 Å². The summed E-state index contributed by atoms with van der Waals surface area (Å²) in [5.41, 5.74) is 1.60. The number of aliphatic hydroxyl groups is 2. The van der Waals surface area contributed by atoms with E-state index in [0.29, 0.717) is 30.8 Å². The molecule has 6 rings (SSSR count). The molecule has 40 heavy (non-hydrogen) atoms. The first-order valence-electron chi connectivity index (χ1n) is 13.9. The van der Waals surface area contributed by atoms with Crippen LogP contribution in [-0.2, 0) is 22.2 Å². The van der Waals surface area contributed by atoms with Crippen molar-refractivity contribution in [1.29, 1.82) is 0 Å². The number of aliphatic hydroxyl groups excluding tert-OH is 1. The molecule has 1 aliphatic carbocycles. The van der Waals surface area contributed by atoms with Crippen LogP contribution < -0.4 is 4.74 Å². The average Bonchev–Trinajstić information content (AvgIpc) is 3.48. The summed E-state index contributed by atoms with van der Waals surface area (Å²) in [5, 5.41) is 24.4. The van der Waals surface area contributed by atoms with E-state index in [2.05, 4.69) is 24.3 Å². The van der Waals surface area contributed by atoms with Crippen LogP contribution in [0, 0.1) is 11.8 Å². The number of methoxy groups -OCH3 is 1. The van der Waals surface area contributed by atoms with Crippen LogP contribution in [0.4, 0.5) is 0 Å². The van der Waals surface area contributed by atoms with E-state index >= 15 is 0 Å². The number of carbonyl (C=O) groups excluding carboxylic acids is 1. The van der Waals surface area contributed by atoms with E-state index in [1.165, 1.54) is 0 Å². The molecule has 5 nitrogen and oxygen atoms in total. The maximum Gasteiger partial charge on any atom is 0.227 e. The summed E-state index contributed by atoms with van der Waals surface area (Å²) < 4.78 is 5.51. The Morgan fingerprint density at radius 3 is 1.85 bits per heavy atom. The third kappa shape index (κ3) is 4.21. The van der Waals surface area contributed by atoms with Gasteiger partial charge in [0.05, 0.1) is 19.6 Å². The first-order valence-corrected chi connectivity index (χ1v) is 13.9. The molecule has 5 heteroatoms. The minimum Gasteiger partial charge on any atom is -0.496 e. The fourth-order valence-corrected chi connectivity index (χ4v) is 7.35. The molecule has 1 saturated heterocycles. The van der Waals surface area contributed by atoms with Crippen molar-refractivity contribution in [3.8, 4) is 5.75 Å². The number of fused-ring (bicyclic) bond motifs is 1. The minimum absolute atomic E-state index is 0.0150. The maximum absolute atomic E-state index is 13.9. The molecule has 4 aromatic rings. The fourth-order valence-electron chi connectivity index (χ4n) is 7.35. The quantitative estimate of drug-likeness (QED) is 0.368. The van der Waals surface area contributed by atoms with Gasteiger partial charge >= 0.3 is 0 Å². The van der Waals surface area contributed by atoms with Crippen molar-refractivity contribution in [2.75, 3.05) is 20.2 Å². The van der Waals surface area contributed by atoms with E-state index in [1.807, 2.05) is 95.9 Å². The van der Waals surface area contributed by atoms with Gasteiger partial charge in [-0.25, -0.2) is 0 Å². The third-order valence-electron chi connectivity index (χ3n) is 9.24. The molecule has 1 heterocycles. The second kappa shape index (κ2) is 10.6. The standard InChI is InChI=1S/C35H35NO4/c1-40-31-20-12-11-13-25(31)21-33(38)36-23-29-30(24-36)35(39,28-18-9-4-10-19-28)32(37)22-34(29,26-14-5-2-6-15-26)27-16-7-3-8-17-27/h2-20,29-30,32,37,39H,21-24H2,1H3/t29-,30+,32-,35+/m0/s1. The van der Waals surface area contributed by atoms with Crippen molar-refractivity contribution in [2.45, 2.75) is 30.0 Å². The second-order valence-electron chi connectivity index (χ2n) is 11.1. The van der Waals surface area contributed by atoms with Crippen molar-refractivity contribution in [2.24, 2.45) is 11.8 Å². The first-order chi connectivity index (χ1) is 19.5. The summed E-state index contributed by atoms with van der Waals surface area (Å²) in [7, 11) is 1.61.